The Bertz CT molecular complexity index is 426. The molecule has 21 heavy (non-hydrogen) atoms. The number of rotatable bonds is 8. The van der Waals surface area contributed by atoms with Crippen molar-refractivity contribution in [2.24, 2.45) is 7.05 Å². The van der Waals surface area contributed by atoms with Gasteiger partial charge in [0.2, 0.25) is 0 Å². The van der Waals surface area contributed by atoms with Gasteiger partial charge in [0.05, 0.1) is 6.54 Å². The molecule has 0 spiro atoms. The molecular weight excluding hydrogens is 287 g/mol. The third-order valence-electron chi connectivity index (χ3n) is 4.15. The van der Waals surface area contributed by atoms with Crippen molar-refractivity contribution in [2.75, 3.05) is 38.7 Å². The number of nitrogens with zero attached hydrogens (tertiary/aromatic N) is 4. The van der Waals surface area contributed by atoms with Gasteiger partial charge in [0.1, 0.15) is 12.0 Å². The van der Waals surface area contributed by atoms with Crippen LogP contribution in [-0.2, 0) is 13.6 Å². The van der Waals surface area contributed by atoms with Gasteiger partial charge >= 0.3 is 0 Å². The molecule has 1 saturated heterocycles. The number of hydrogen-bond acceptors (Lipinski definition) is 4. The molecule has 1 aromatic heterocycles. The van der Waals surface area contributed by atoms with E-state index < -0.39 is 6.17 Å². The zero-order chi connectivity index (χ0) is 15.2. The van der Waals surface area contributed by atoms with Crippen LogP contribution in [0.15, 0.2) is 12.4 Å². The van der Waals surface area contributed by atoms with Crippen molar-refractivity contribution in [3.8, 4) is 0 Å². The second-order valence-electron chi connectivity index (χ2n) is 5.98. The van der Waals surface area contributed by atoms with Crippen LogP contribution in [0.4, 0.5) is 4.39 Å². The molecule has 0 amide bonds. The molecule has 2 rings (SSSR count). The number of alkyl halides is 1. The van der Waals surface area contributed by atoms with Gasteiger partial charge in [-0.15, -0.1) is 0 Å². The van der Waals surface area contributed by atoms with Gasteiger partial charge in [0, 0.05) is 38.6 Å². The number of aromatic nitrogens is 2. The summed E-state index contributed by atoms with van der Waals surface area (Å²) in [4.78, 5) is 8.95. The van der Waals surface area contributed by atoms with Crippen LogP contribution >= 0.6 is 11.8 Å². The molecule has 0 bridgehead atoms. The van der Waals surface area contributed by atoms with E-state index in [2.05, 4.69) is 28.1 Å². The first-order valence-electron chi connectivity index (χ1n) is 7.62. The van der Waals surface area contributed by atoms with E-state index >= 15 is 0 Å². The summed E-state index contributed by atoms with van der Waals surface area (Å²) < 4.78 is 15.8. The number of aryl methyl sites for hydroxylation is 1. The predicted octanol–water partition coefficient (Wildman–Crippen LogP) is 2.02. The Morgan fingerprint density at radius 1 is 1.52 bits per heavy atom. The molecule has 0 radical (unpaired) electrons. The Labute approximate surface area is 131 Å². The van der Waals surface area contributed by atoms with Crippen LogP contribution < -0.4 is 0 Å². The van der Waals surface area contributed by atoms with Gasteiger partial charge in [-0.05, 0) is 38.4 Å². The lowest BCUT2D eigenvalue weighted by atomic mass is 10.2. The fourth-order valence-corrected chi connectivity index (χ4v) is 3.38. The Morgan fingerprint density at radius 3 is 3.00 bits per heavy atom. The van der Waals surface area contributed by atoms with Crippen LogP contribution in [-0.4, -0.2) is 70.3 Å². The second kappa shape index (κ2) is 8.15. The minimum absolute atomic E-state index is 0.302. The van der Waals surface area contributed by atoms with Crippen LogP contribution in [0.25, 0.3) is 0 Å². The SMILES string of the molecule is CSCCCN(C)C[C@@H]1C[C@H](F)CN1Cc1nccn1C. The normalized spacial score (nSPS) is 23.3. The van der Waals surface area contributed by atoms with Crippen molar-refractivity contribution >= 4 is 11.8 Å². The molecule has 1 aromatic rings. The number of thioether (sulfide) groups is 1. The van der Waals surface area contributed by atoms with Gasteiger partial charge in [-0.25, -0.2) is 9.37 Å². The van der Waals surface area contributed by atoms with Crippen LogP contribution in [0.3, 0.4) is 0 Å². The van der Waals surface area contributed by atoms with Gasteiger partial charge in [-0.3, -0.25) is 4.90 Å². The van der Waals surface area contributed by atoms with E-state index in [1.54, 1.807) is 0 Å². The van der Waals surface area contributed by atoms with E-state index in [1.165, 1.54) is 12.2 Å². The quantitative estimate of drug-likeness (QED) is 0.685. The predicted molar refractivity (Wildman–Crippen MR) is 87.4 cm³/mol. The third-order valence-corrected chi connectivity index (χ3v) is 4.85. The molecule has 2 atom stereocenters. The average Bonchev–Trinajstić information content (AvgIpc) is 2.97. The minimum Gasteiger partial charge on any atom is -0.337 e. The molecule has 0 aromatic carbocycles. The first kappa shape index (κ1) is 16.8. The summed E-state index contributed by atoms with van der Waals surface area (Å²) in [5, 5.41) is 0. The molecule has 0 N–H and O–H groups in total. The summed E-state index contributed by atoms with van der Waals surface area (Å²) >= 11 is 1.88. The lowest BCUT2D eigenvalue weighted by Gasteiger charge is -2.28. The topological polar surface area (TPSA) is 24.3 Å². The van der Waals surface area contributed by atoms with Crippen LogP contribution in [0.5, 0.6) is 0 Å². The number of hydrogen-bond donors (Lipinski definition) is 0. The maximum absolute atomic E-state index is 13.8. The van der Waals surface area contributed by atoms with E-state index in [0.717, 1.165) is 25.5 Å². The van der Waals surface area contributed by atoms with Crippen molar-refractivity contribution in [3.05, 3.63) is 18.2 Å². The lowest BCUT2D eigenvalue weighted by molar-refractivity contribution is 0.180. The summed E-state index contributed by atoms with van der Waals surface area (Å²) in [7, 11) is 4.14. The van der Waals surface area contributed by atoms with E-state index in [-0.39, 0.29) is 0 Å². The molecule has 0 unspecified atom stereocenters. The summed E-state index contributed by atoms with van der Waals surface area (Å²) in [5.41, 5.74) is 0. The summed E-state index contributed by atoms with van der Waals surface area (Å²) in [6.45, 7) is 3.31. The molecule has 0 saturated carbocycles. The summed E-state index contributed by atoms with van der Waals surface area (Å²) in [6.07, 6.45) is 7.04. The van der Waals surface area contributed by atoms with E-state index in [9.17, 15) is 4.39 Å². The first-order valence-corrected chi connectivity index (χ1v) is 9.01. The fourth-order valence-electron chi connectivity index (χ4n) is 2.97. The average molecular weight is 314 g/mol. The number of likely N-dealkylation sites (N-methyl/N-ethyl adjacent to an activating group) is 1. The standard InChI is InChI=1S/C15H27FN4S/c1-18(6-4-8-21-3)11-14-9-13(16)10-20(14)12-15-17-5-7-19(15)2/h5,7,13-14H,4,6,8-12H2,1-3H3/t13-,14-/m0/s1. The maximum Gasteiger partial charge on any atom is 0.122 e. The molecule has 1 aliphatic rings. The molecular formula is C15H27FN4S. The largest absolute Gasteiger partial charge is 0.337 e. The highest BCUT2D eigenvalue weighted by atomic mass is 32.2. The Morgan fingerprint density at radius 2 is 2.33 bits per heavy atom. The Hall–Kier alpha value is -0.590. The van der Waals surface area contributed by atoms with E-state index in [4.69, 9.17) is 0 Å². The van der Waals surface area contributed by atoms with Crippen LogP contribution in [0.1, 0.15) is 18.7 Å². The van der Waals surface area contributed by atoms with Gasteiger partial charge in [-0.1, -0.05) is 0 Å². The zero-order valence-electron chi connectivity index (χ0n) is 13.3. The smallest absolute Gasteiger partial charge is 0.122 e. The molecule has 1 fully saturated rings. The van der Waals surface area contributed by atoms with Gasteiger partial charge in [-0.2, -0.15) is 11.8 Å². The highest BCUT2D eigenvalue weighted by Gasteiger charge is 2.33. The zero-order valence-corrected chi connectivity index (χ0v) is 14.2. The monoisotopic (exact) mass is 314 g/mol. The van der Waals surface area contributed by atoms with E-state index in [0.29, 0.717) is 19.0 Å². The van der Waals surface area contributed by atoms with Crippen molar-refractivity contribution in [2.45, 2.75) is 31.6 Å². The number of likely N-dealkylation sites (tertiary alicyclic amines) is 1. The molecule has 0 aliphatic carbocycles. The third kappa shape index (κ3) is 4.97. The minimum atomic E-state index is -0.699. The van der Waals surface area contributed by atoms with Crippen LogP contribution in [0.2, 0.25) is 0 Å². The van der Waals surface area contributed by atoms with Crippen molar-refractivity contribution in [1.82, 2.24) is 19.4 Å². The number of imidazole rings is 1. The van der Waals surface area contributed by atoms with Crippen molar-refractivity contribution in [1.29, 1.82) is 0 Å². The van der Waals surface area contributed by atoms with Crippen molar-refractivity contribution < 1.29 is 4.39 Å². The lowest BCUT2D eigenvalue weighted by Crippen LogP contribution is -2.39. The maximum atomic E-state index is 13.8. The van der Waals surface area contributed by atoms with Gasteiger partial charge in [0.15, 0.2) is 0 Å². The number of halogens is 1. The Balaban J connectivity index is 1.86. The molecule has 1 aliphatic heterocycles. The summed E-state index contributed by atoms with van der Waals surface area (Å²) in [6, 6.07) is 0.302. The first-order chi connectivity index (χ1) is 10.1. The summed E-state index contributed by atoms with van der Waals surface area (Å²) in [5.74, 6) is 2.21. The van der Waals surface area contributed by atoms with E-state index in [1.807, 2.05) is 35.8 Å². The molecule has 6 heteroatoms. The molecule has 120 valence electrons. The van der Waals surface area contributed by atoms with Crippen molar-refractivity contribution in [3.63, 3.8) is 0 Å². The van der Waals surface area contributed by atoms with Crippen LogP contribution in [0, 0.1) is 0 Å². The Kier molecular flexibility index (Phi) is 6.51. The highest BCUT2D eigenvalue weighted by molar-refractivity contribution is 7.98. The molecule has 4 nitrogen and oxygen atoms in total. The fraction of sp³-hybridized carbons (Fsp3) is 0.800. The molecule has 2 heterocycles. The second-order valence-corrected chi connectivity index (χ2v) is 6.96. The van der Waals surface area contributed by atoms with Gasteiger partial charge in [0.25, 0.3) is 0 Å². The van der Waals surface area contributed by atoms with Gasteiger partial charge < -0.3 is 9.47 Å². The highest BCUT2D eigenvalue weighted by Crippen LogP contribution is 2.23.